The van der Waals surface area contributed by atoms with E-state index in [-0.39, 0.29) is 5.41 Å². The highest BCUT2D eigenvalue weighted by molar-refractivity contribution is 5.55. The lowest BCUT2D eigenvalue weighted by molar-refractivity contribution is 0.0966. The summed E-state index contributed by atoms with van der Waals surface area (Å²) >= 11 is 0. The summed E-state index contributed by atoms with van der Waals surface area (Å²) in [6.07, 6.45) is 0. The van der Waals surface area contributed by atoms with Gasteiger partial charge in [0.15, 0.2) is 0 Å². The van der Waals surface area contributed by atoms with Crippen LogP contribution in [0, 0.1) is 0 Å². The largest absolute Gasteiger partial charge is 0.377 e. The molecular formula is C12H20N2O. The van der Waals surface area contributed by atoms with Crippen LogP contribution in [0.1, 0.15) is 19.4 Å². The Balaban J connectivity index is 3.12. The molecule has 0 atom stereocenters. The lowest BCUT2D eigenvalue weighted by atomic mass is 9.84. The van der Waals surface area contributed by atoms with Gasteiger partial charge in [0.1, 0.15) is 0 Å². The van der Waals surface area contributed by atoms with Crippen molar-refractivity contribution in [3.05, 3.63) is 29.8 Å². The topological polar surface area (TPSA) is 38.5 Å². The van der Waals surface area contributed by atoms with E-state index in [1.54, 1.807) is 0 Å². The van der Waals surface area contributed by atoms with E-state index in [4.69, 9.17) is 10.7 Å². The van der Waals surface area contributed by atoms with Crippen molar-refractivity contribution in [1.29, 1.82) is 0 Å². The number of nitrogens with two attached hydrogens (primary N) is 1. The Hall–Kier alpha value is -1.06. The zero-order valence-electron chi connectivity index (χ0n) is 9.95. The number of nitrogens with zero attached hydrogens (tertiary/aromatic N) is 1. The fourth-order valence-corrected chi connectivity index (χ4v) is 1.72. The number of rotatable bonds is 4. The van der Waals surface area contributed by atoms with Crippen molar-refractivity contribution < 1.29 is 4.84 Å². The van der Waals surface area contributed by atoms with E-state index < -0.39 is 0 Å². The first-order valence-electron chi connectivity index (χ1n) is 5.07. The predicted molar refractivity (Wildman–Crippen MR) is 63.9 cm³/mol. The molecule has 15 heavy (non-hydrogen) atoms. The van der Waals surface area contributed by atoms with E-state index >= 15 is 0 Å². The molecule has 0 fully saturated rings. The summed E-state index contributed by atoms with van der Waals surface area (Å²) in [6.45, 7) is 4.77. The lowest BCUT2D eigenvalue weighted by Gasteiger charge is -2.29. The van der Waals surface area contributed by atoms with Gasteiger partial charge in [-0.05, 0) is 11.6 Å². The number of benzene rings is 1. The average Bonchev–Trinajstić information content (AvgIpc) is 2.17. The highest BCUT2D eigenvalue weighted by atomic mass is 16.6. The van der Waals surface area contributed by atoms with Crippen molar-refractivity contribution in [2.75, 3.05) is 25.6 Å². The highest BCUT2D eigenvalue weighted by Crippen LogP contribution is 2.31. The molecule has 1 aromatic carbocycles. The third-order valence-electron chi connectivity index (χ3n) is 2.56. The van der Waals surface area contributed by atoms with Gasteiger partial charge in [0.2, 0.25) is 0 Å². The van der Waals surface area contributed by atoms with Crippen molar-refractivity contribution in [3.8, 4) is 0 Å². The molecule has 1 aromatic rings. The van der Waals surface area contributed by atoms with Crippen LogP contribution in [0.2, 0.25) is 0 Å². The van der Waals surface area contributed by atoms with E-state index in [9.17, 15) is 0 Å². The molecule has 0 radical (unpaired) electrons. The maximum atomic E-state index is 5.16. The second-order valence-electron chi connectivity index (χ2n) is 4.61. The summed E-state index contributed by atoms with van der Waals surface area (Å²) < 4.78 is 0. The summed E-state index contributed by atoms with van der Waals surface area (Å²) in [5.74, 6) is 5.16. The van der Waals surface area contributed by atoms with E-state index in [1.165, 1.54) is 11.3 Å². The first-order valence-corrected chi connectivity index (χ1v) is 5.07. The van der Waals surface area contributed by atoms with Gasteiger partial charge in [-0.2, -0.15) is 0 Å². The van der Waals surface area contributed by atoms with Gasteiger partial charge in [0.25, 0.3) is 0 Å². The Kier molecular flexibility index (Phi) is 3.72. The number of para-hydroxylation sites is 1. The molecule has 0 aliphatic heterocycles. The van der Waals surface area contributed by atoms with Crippen LogP contribution in [0.3, 0.4) is 0 Å². The van der Waals surface area contributed by atoms with Gasteiger partial charge in [-0.1, -0.05) is 32.0 Å². The highest BCUT2D eigenvalue weighted by Gasteiger charge is 2.24. The summed E-state index contributed by atoms with van der Waals surface area (Å²) in [6, 6.07) is 8.31. The second-order valence-corrected chi connectivity index (χ2v) is 4.61. The van der Waals surface area contributed by atoms with Crippen LogP contribution < -0.4 is 10.8 Å². The molecule has 0 bridgehead atoms. The molecule has 0 saturated carbocycles. The van der Waals surface area contributed by atoms with Crippen LogP contribution in [0.15, 0.2) is 24.3 Å². The molecular weight excluding hydrogens is 188 g/mol. The van der Waals surface area contributed by atoms with Gasteiger partial charge in [-0.3, -0.25) is 0 Å². The van der Waals surface area contributed by atoms with E-state index in [1.807, 2.05) is 26.2 Å². The minimum atomic E-state index is -0.0738. The molecule has 0 unspecified atom stereocenters. The van der Waals surface area contributed by atoms with Crippen LogP contribution in [0.4, 0.5) is 5.69 Å². The second kappa shape index (κ2) is 4.64. The number of hydrogen-bond donors (Lipinski definition) is 1. The fourth-order valence-electron chi connectivity index (χ4n) is 1.72. The van der Waals surface area contributed by atoms with Crippen LogP contribution in [-0.4, -0.2) is 20.7 Å². The normalized spacial score (nSPS) is 11.5. The summed E-state index contributed by atoms with van der Waals surface area (Å²) in [4.78, 5) is 6.88. The zero-order valence-corrected chi connectivity index (χ0v) is 9.95. The molecule has 1 rings (SSSR count). The van der Waals surface area contributed by atoms with Gasteiger partial charge in [0.05, 0.1) is 6.61 Å². The molecule has 0 spiro atoms. The molecule has 0 aliphatic carbocycles. The van der Waals surface area contributed by atoms with Gasteiger partial charge >= 0.3 is 0 Å². The number of hydrogen-bond acceptors (Lipinski definition) is 3. The van der Waals surface area contributed by atoms with Gasteiger partial charge < -0.3 is 9.74 Å². The van der Waals surface area contributed by atoms with Crippen LogP contribution >= 0.6 is 0 Å². The summed E-state index contributed by atoms with van der Waals surface area (Å²) in [5, 5.41) is 0. The van der Waals surface area contributed by atoms with Crippen molar-refractivity contribution in [2.45, 2.75) is 19.3 Å². The summed E-state index contributed by atoms with van der Waals surface area (Å²) in [7, 11) is 4.08. The van der Waals surface area contributed by atoms with Crippen molar-refractivity contribution in [3.63, 3.8) is 0 Å². The molecule has 0 saturated heterocycles. The SMILES string of the molecule is CN(C)c1ccccc1C(C)(C)CON. The van der Waals surface area contributed by atoms with E-state index in [0.717, 1.165) is 0 Å². The Morgan fingerprint density at radius 3 is 2.40 bits per heavy atom. The predicted octanol–water partition coefficient (Wildman–Crippen LogP) is 1.92. The molecule has 3 nitrogen and oxygen atoms in total. The van der Waals surface area contributed by atoms with Crippen LogP contribution in [-0.2, 0) is 10.3 Å². The van der Waals surface area contributed by atoms with E-state index in [0.29, 0.717) is 6.61 Å². The monoisotopic (exact) mass is 208 g/mol. The maximum Gasteiger partial charge on any atom is 0.0771 e. The van der Waals surface area contributed by atoms with Crippen molar-refractivity contribution in [1.82, 2.24) is 0 Å². The fraction of sp³-hybridized carbons (Fsp3) is 0.500. The number of anilines is 1. The smallest absolute Gasteiger partial charge is 0.0771 e. The maximum absolute atomic E-state index is 5.16. The Labute approximate surface area is 91.8 Å². The van der Waals surface area contributed by atoms with Crippen LogP contribution in [0.25, 0.3) is 0 Å². The Morgan fingerprint density at radius 2 is 1.87 bits per heavy atom. The minimum absolute atomic E-state index is 0.0738. The third-order valence-corrected chi connectivity index (χ3v) is 2.56. The Bertz CT molecular complexity index is 321. The first-order chi connectivity index (χ1) is 6.99. The zero-order chi connectivity index (χ0) is 11.5. The molecule has 0 aliphatic rings. The molecule has 0 aromatic heterocycles. The van der Waals surface area contributed by atoms with Gasteiger partial charge in [-0.15, -0.1) is 0 Å². The van der Waals surface area contributed by atoms with Gasteiger partial charge in [-0.25, -0.2) is 5.90 Å². The third kappa shape index (κ3) is 2.70. The lowest BCUT2D eigenvalue weighted by Crippen LogP contribution is -2.28. The quantitative estimate of drug-likeness (QED) is 0.768. The minimum Gasteiger partial charge on any atom is -0.377 e. The Morgan fingerprint density at radius 1 is 1.27 bits per heavy atom. The molecule has 2 N–H and O–H groups in total. The van der Waals surface area contributed by atoms with E-state index in [2.05, 4.69) is 30.9 Å². The van der Waals surface area contributed by atoms with Crippen molar-refractivity contribution in [2.24, 2.45) is 5.90 Å². The molecule has 3 heteroatoms. The first kappa shape index (κ1) is 12.0. The van der Waals surface area contributed by atoms with Crippen molar-refractivity contribution >= 4 is 5.69 Å². The average molecular weight is 208 g/mol. The summed E-state index contributed by atoms with van der Waals surface area (Å²) in [5.41, 5.74) is 2.38. The molecule has 0 heterocycles. The molecule has 84 valence electrons. The standard InChI is InChI=1S/C12H20N2O/c1-12(2,9-15-13)10-7-5-6-8-11(10)14(3)4/h5-8H,9,13H2,1-4H3. The molecule has 0 amide bonds. The van der Waals surface area contributed by atoms with Crippen LogP contribution in [0.5, 0.6) is 0 Å². The van der Waals surface area contributed by atoms with Gasteiger partial charge in [0, 0.05) is 25.2 Å².